The van der Waals surface area contributed by atoms with Crippen molar-refractivity contribution < 1.29 is 39.1 Å². The second-order valence-electron chi connectivity index (χ2n) is 12.5. The Balaban J connectivity index is 1.76. The summed E-state index contributed by atoms with van der Waals surface area (Å²) in [6.45, 7) is 9.63. The third kappa shape index (κ3) is 6.32. The first-order chi connectivity index (χ1) is 18.9. The van der Waals surface area contributed by atoms with Gasteiger partial charge in [0, 0.05) is 26.4 Å². The minimum absolute atomic E-state index is 0.0130. The van der Waals surface area contributed by atoms with Crippen molar-refractivity contribution in [3.8, 4) is 0 Å². The van der Waals surface area contributed by atoms with E-state index >= 15 is 0 Å². The molecule has 2 bridgehead atoms. The molecule has 3 heterocycles. The average molecular weight is 561 g/mol. The van der Waals surface area contributed by atoms with Crippen molar-refractivity contribution in [2.24, 2.45) is 17.8 Å². The van der Waals surface area contributed by atoms with Crippen LogP contribution in [0.15, 0.2) is 47.1 Å². The lowest BCUT2D eigenvalue weighted by atomic mass is 9.69. The normalized spacial score (nSPS) is 43.3. The van der Waals surface area contributed by atoms with Gasteiger partial charge in [0.15, 0.2) is 5.79 Å². The molecule has 40 heavy (non-hydrogen) atoms. The number of esters is 1. The maximum Gasteiger partial charge on any atom is 0.316 e. The van der Waals surface area contributed by atoms with Crippen LogP contribution in [0.4, 0.5) is 0 Å². The van der Waals surface area contributed by atoms with Crippen molar-refractivity contribution in [1.82, 2.24) is 0 Å². The van der Waals surface area contributed by atoms with Crippen LogP contribution in [0.5, 0.6) is 0 Å². The molecule has 0 aromatic rings. The summed E-state index contributed by atoms with van der Waals surface area (Å²) in [6.07, 6.45) is 10.2. The highest BCUT2D eigenvalue weighted by Crippen LogP contribution is 2.44. The molecular weight excluding hydrogens is 512 g/mol. The number of allylic oxidation sites excluding steroid dienone is 4. The molecule has 3 N–H and O–H groups in total. The molecule has 4 rings (SSSR count). The van der Waals surface area contributed by atoms with Crippen LogP contribution in [0, 0.1) is 17.8 Å². The lowest BCUT2D eigenvalue weighted by Gasteiger charge is -2.49. The summed E-state index contributed by atoms with van der Waals surface area (Å²) in [4.78, 5) is 13.9. The molecule has 0 saturated carbocycles. The number of aliphatic hydroxyl groups excluding tert-OH is 2. The molecule has 0 aromatic carbocycles. The number of rotatable bonds is 2. The Morgan fingerprint density at radius 2 is 1.90 bits per heavy atom. The molecule has 8 heteroatoms. The van der Waals surface area contributed by atoms with Crippen LogP contribution < -0.4 is 0 Å². The second kappa shape index (κ2) is 12.6. The van der Waals surface area contributed by atoms with Crippen molar-refractivity contribution in [2.75, 3.05) is 13.7 Å². The largest absolute Gasteiger partial charge is 0.462 e. The molecule has 2 saturated heterocycles. The fourth-order valence-electron chi connectivity index (χ4n) is 6.79. The Morgan fingerprint density at radius 1 is 1.15 bits per heavy atom. The number of fused-ring (bicyclic) bond motifs is 3. The highest BCUT2D eigenvalue weighted by molar-refractivity contribution is 5.78. The summed E-state index contributed by atoms with van der Waals surface area (Å²) < 4.78 is 24.7. The Kier molecular flexibility index (Phi) is 9.80. The van der Waals surface area contributed by atoms with Crippen molar-refractivity contribution in [3.63, 3.8) is 0 Å². The molecule has 3 aliphatic heterocycles. The van der Waals surface area contributed by atoms with Gasteiger partial charge in [-0.15, -0.1) is 0 Å². The van der Waals surface area contributed by atoms with Crippen LogP contribution >= 0.6 is 0 Å². The predicted octanol–water partition coefficient (Wildman–Crippen LogP) is 4.14. The van der Waals surface area contributed by atoms with Gasteiger partial charge >= 0.3 is 5.97 Å². The van der Waals surface area contributed by atoms with Gasteiger partial charge in [-0.2, -0.15) is 0 Å². The standard InChI is InChI=1S/C32H48O8/c1-19-8-7-9-24(18-33)32(36)27(15-22(4)28(37-6)29(32)34)30(35)38-26-16-25(11-10-20(2)14-19)40-31(17-26)13-12-21(3)23(5)39-31/h7-10,15,19,21,23,25-29,33-34,36H,11-14,16-18H2,1-6H3/t19-,21-,23+,25+,26-,27-,28+,29+,31-,32+/m0/s1. The molecule has 224 valence electrons. The van der Waals surface area contributed by atoms with Gasteiger partial charge in [-0.25, -0.2) is 0 Å². The second-order valence-corrected chi connectivity index (χ2v) is 12.5. The highest BCUT2D eigenvalue weighted by Gasteiger charge is 2.56. The molecule has 2 fully saturated rings. The molecule has 0 amide bonds. The molecule has 4 aliphatic rings. The smallest absolute Gasteiger partial charge is 0.316 e. The monoisotopic (exact) mass is 560 g/mol. The number of ether oxygens (including phenoxy) is 4. The third-order valence-electron chi connectivity index (χ3n) is 9.30. The van der Waals surface area contributed by atoms with Crippen molar-refractivity contribution in [2.45, 2.75) is 115 Å². The number of aliphatic hydroxyl groups is 3. The van der Waals surface area contributed by atoms with Crippen molar-refractivity contribution >= 4 is 5.97 Å². The summed E-state index contributed by atoms with van der Waals surface area (Å²) in [7, 11) is 1.44. The van der Waals surface area contributed by atoms with E-state index < -0.39 is 48.2 Å². The van der Waals surface area contributed by atoms with E-state index in [-0.39, 0.29) is 23.7 Å². The maximum absolute atomic E-state index is 13.9. The first-order valence-corrected chi connectivity index (χ1v) is 14.7. The Bertz CT molecular complexity index is 1050. The minimum Gasteiger partial charge on any atom is -0.462 e. The molecule has 8 nitrogen and oxygen atoms in total. The topological polar surface area (TPSA) is 115 Å². The van der Waals surface area contributed by atoms with Crippen LogP contribution in [-0.2, 0) is 23.7 Å². The molecule has 1 spiro atoms. The Labute approximate surface area is 238 Å². The van der Waals surface area contributed by atoms with Crippen molar-refractivity contribution in [3.05, 3.63) is 47.1 Å². The zero-order valence-electron chi connectivity index (χ0n) is 24.8. The van der Waals surface area contributed by atoms with Gasteiger partial charge in [0.2, 0.25) is 0 Å². The van der Waals surface area contributed by atoms with Crippen LogP contribution in [0.25, 0.3) is 0 Å². The van der Waals surface area contributed by atoms with E-state index in [1.807, 2.05) is 6.08 Å². The number of carbonyl (C=O) groups is 1. The molecule has 0 unspecified atom stereocenters. The number of carbonyl (C=O) groups excluding carboxylic acids is 1. The first-order valence-electron chi connectivity index (χ1n) is 14.7. The van der Waals surface area contributed by atoms with Gasteiger partial charge in [-0.3, -0.25) is 4.79 Å². The van der Waals surface area contributed by atoms with E-state index in [2.05, 4.69) is 33.8 Å². The highest BCUT2D eigenvalue weighted by atomic mass is 16.7. The summed E-state index contributed by atoms with van der Waals surface area (Å²) >= 11 is 0. The summed E-state index contributed by atoms with van der Waals surface area (Å²) in [6, 6.07) is 0. The van der Waals surface area contributed by atoms with E-state index in [0.29, 0.717) is 37.2 Å². The van der Waals surface area contributed by atoms with Crippen LogP contribution in [-0.4, -0.2) is 76.9 Å². The summed E-state index contributed by atoms with van der Waals surface area (Å²) in [5.74, 6) is -2.15. The van der Waals surface area contributed by atoms with Crippen molar-refractivity contribution in [1.29, 1.82) is 0 Å². The molecule has 0 radical (unpaired) electrons. The van der Waals surface area contributed by atoms with E-state index in [4.69, 9.17) is 18.9 Å². The fourth-order valence-corrected chi connectivity index (χ4v) is 6.79. The van der Waals surface area contributed by atoms with Gasteiger partial charge in [0.05, 0.1) is 18.8 Å². The number of hydrogen-bond donors (Lipinski definition) is 3. The van der Waals surface area contributed by atoms with Gasteiger partial charge in [-0.05, 0) is 63.0 Å². The predicted molar refractivity (Wildman–Crippen MR) is 151 cm³/mol. The first kappa shape index (κ1) is 31.1. The molecule has 0 aromatic heterocycles. The third-order valence-corrected chi connectivity index (χ3v) is 9.30. The quantitative estimate of drug-likeness (QED) is 0.341. The fraction of sp³-hybridized carbons (Fsp3) is 0.719. The molecular formula is C32H48O8. The maximum atomic E-state index is 13.9. The van der Waals surface area contributed by atoms with E-state index in [0.717, 1.165) is 12.8 Å². The van der Waals surface area contributed by atoms with Gasteiger partial charge in [0.1, 0.15) is 29.8 Å². The van der Waals surface area contributed by atoms with Crippen LogP contribution in [0.3, 0.4) is 0 Å². The van der Waals surface area contributed by atoms with E-state index in [1.165, 1.54) is 12.7 Å². The lowest BCUT2D eigenvalue weighted by Crippen LogP contribution is -2.61. The van der Waals surface area contributed by atoms with Gasteiger partial charge in [0.25, 0.3) is 0 Å². The van der Waals surface area contributed by atoms with Crippen LogP contribution in [0.1, 0.15) is 73.1 Å². The summed E-state index contributed by atoms with van der Waals surface area (Å²) in [5, 5.41) is 33.8. The summed E-state index contributed by atoms with van der Waals surface area (Å²) in [5.41, 5.74) is -0.169. The number of methoxy groups -OCH3 is 1. The van der Waals surface area contributed by atoms with Gasteiger partial charge in [-0.1, -0.05) is 49.8 Å². The van der Waals surface area contributed by atoms with Crippen LogP contribution in [0.2, 0.25) is 0 Å². The van der Waals surface area contributed by atoms with E-state index in [1.54, 1.807) is 25.2 Å². The zero-order valence-corrected chi connectivity index (χ0v) is 24.8. The Morgan fingerprint density at radius 3 is 2.58 bits per heavy atom. The lowest BCUT2D eigenvalue weighted by molar-refractivity contribution is -0.332. The Hall–Kier alpha value is -1.81. The number of hydrogen-bond acceptors (Lipinski definition) is 8. The zero-order chi connectivity index (χ0) is 29.2. The average Bonchev–Trinajstić information content (AvgIpc) is 2.89. The molecule has 1 aliphatic carbocycles. The van der Waals surface area contributed by atoms with E-state index in [9.17, 15) is 20.1 Å². The SMILES string of the molecule is CO[C@@H]1C(C)=C[C@H]2C(=O)O[C@H]3C[C@@H](CC=C(C)C[C@@H](C)C=CC=C(CO)[C@]2(O)[C@@H]1O)O[C@@]1(CC[C@H](C)[C@@H](C)O1)C3. The molecule has 10 atom stereocenters. The minimum atomic E-state index is -2.12. The van der Waals surface area contributed by atoms with Gasteiger partial charge < -0.3 is 34.3 Å².